The Kier molecular flexibility index (Phi) is 1.95. The van der Waals surface area contributed by atoms with Gasteiger partial charge in [-0.2, -0.15) is 0 Å². The third-order valence-corrected chi connectivity index (χ3v) is 1.05. The molecule has 9 heavy (non-hydrogen) atoms. The smallest absolute Gasteiger partial charge is 0.229 e. The molecule has 0 amide bonds. The van der Waals surface area contributed by atoms with Crippen LogP contribution < -0.4 is 5.73 Å². The molecule has 0 saturated carbocycles. The molecule has 0 fully saturated rings. The molecule has 0 aromatic rings. The molecule has 2 N–H and O–H groups in total. The Morgan fingerprint density at radius 3 is 3.11 bits per heavy atom. The molecule has 0 bridgehead atoms. The average molecular weight is 129 g/mol. The van der Waals surface area contributed by atoms with E-state index >= 15 is 0 Å². The fourth-order valence-corrected chi connectivity index (χ4v) is 0.695. The predicted molar refractivity (Wildman–Crippen MR) is 33.4 cm³/mol. The van der Waals surface area contributed by atoms with Crippen LogP contribution in [0, 0.1) is 0 Å². The van der Waals surface area contributed by atoms with Crippen LogP contribution in [0.3, 0.4) is 0 Å². The van der Waals surface area contributed by atoms with Crippen molar-refractivity contribution in [2.75, 3.05) is 6.79 Å². The SMILES string of the molecule is CC(N)CC1=COCO1. The first kappa shape index (κ1) is 6.42. The first-order chi connectivity index (χ1) is 4.29. The number of hydrogen-bond donors (Lipinski definition) is 1. The number of hydrogen-bond acceptors (Lipinski definition) is 3. The standard InChI is InChI=1S/C6H11NO2/c1-5(7)2-6-3-8-4-9-6/h3,5H,2,4,7H2,1H3. The van der Waals surface area contributed by atoms with Gasteiger partial charge in [-0.05, 0) is 6.92 Å². The van der Waals surface area contributed by atoms with Crippen LogP contribution in [-0.4, -0.2) is 12.8 Å². The summed E-state index contributed by atoms with van der Waals surface area (Å²) in [5.74, 6) is 0.852. The largest absolute Gasteiger partial charge is 0.462 e. The van der Waals surface area contributed by atoms with E-state index < -0.39 is 0 Å². The predicted octanol–water partition coefficient (Wildman–Crippen LogP) is 0.569. The minimum absolute atomic E-state index is 0.151. The quantitative estimate of drug-likeness (QED) is 0.592. The summed E-state index contributed by atoms with van der Waals surface area (Å²) in [6.07, 6.45) is 2.38. The molecule has 0 spiro atoms. The monoisotopic (exact) mass is 129 g/mol. The summed E-state index contributed by atoms with van der Waals surface area (Å²) in [5.41, 5.74) is 5.50. The van der Waals surface area contributed by atoms with Gasteiger partial charge in [0.05, 0.1) is 0 Å². The normalized spacial score (nSPS) is 20.0. The van der Waals surface area contributed by atoms with E-state index in [2.05, 4.69) is 0 Å². The molecule has 1 aliphatic heterocycles. The summed E-state index contributed by atoms with van der Waals surface area (Å²) in [4.78, 5) is 0. The van der Waals surface area contributed by atoms with Crippen LogP contribution in [0.25, 0.3) is 0 Å². The van der Waals surface area contributed by atoms with Crippen molar-refractivity contribution in [2.24, 2.45) is 5.73 Å². The lowest BCUT2D eigenvalue weighted by Gasteiger charge is -2.02. The first-order valence-corrected chi connectivity index (χ1v) is 2.98. The van der Waals surface area contributed by atoms with Crippen LogP contribution in [0.1, 0.15) is 13.3 Å². The maximum absolute atomic E-state index is 5.50. The molecule has 1 rings (SSSR count). The Labute approximate surface area is 54.4 Å². The van der Waals surface area contributed by atoms with E-state index in [4.69, 9.17) is 15.2 Å². The van der Waals surface area contributed by atoms with Gasteiger partial charge in [0, 0.05) is 12.5 Å². The van der Waals surface area contributed by atoms with Crippen molar-refractivity contribution in [1.29, 1.82) is 0 Å². The van der Waals surface area contributed by atoms with Crippen molar-refractivity contribution in [3.8, 4) is 0 Å². The van der Waals surface area contributed by atoms with E-state index in [-0.39, 0.29) is 6.04 Å². The third kappa shape index (κ3) is 1.93. The fraction of sp³-hybridized carbons (Fsp3) is 0.667. The van der Waals surface area contributed by atoms with Gasteiger partial charge in [-0.25, -0.2) is 0 Å². The summed E-state index contributed by atoms with van der Waals surface area (Å²) in [6, 6.07) is 0.151. The van der Waals surface area contributed by atoms with Crippen LogP contribution in [0.15, 0.2) is 12.0 Å². The van der Waals surface area contributed by atoms with Gasteiger partial charge < -0.3 is 15.2 Å². The van der Waals surface area contributed by atoms with Gasteiger partial charge in [0.1, 0.15) is 12.0 Å². The minimum atomic E-state index is 0.151. The van der Waals surface area contributed by atoms with Crippen molar-refractivity contribution in [2.45, 2.75) is 19.4 Å². The van der Waals surface area contributed by atoms with Gasteiger partial charge >= 0.3 is 0 Å². The highest BCUT2D eigenvalue weighted by Crippen LogP contribution is 2.11. The molecule has 0 aliphatic carbocycles. The number of ether oxygens (including phenoxy) is 2. The highest BCUT2D eigenvalue weighted by molar-refractivity contribution is 4.92. The maximum Gasteiger partial charge on any atom is 0.229 e. The maximum atomic E-state index is 5.50. The molecule has 3 nitrogen and oxygen atoms in total. The molecule has 1 unspecified atom stereocenters. The number of rotatable bonds is 2. The van der Waals surface area contributed by atoms with Crippen LogP contribution in [-0.2, 0) is 9.47 Å². The Hall–Kier alpha value is -0.700. The van der Waals surface area contributed by atoms with Crippen LogP contribution >= 0.6 is 0 Å². The van der Waals surface area contributed by atoms with E-state index in [0.29, 0.717) is 6.79 Å². The van der Waals surface area contributed by atoms with Gasteiger partial charge in [0.2, 0.25) is 6.79 Å². The van der Waals surface area contributed by atoms with Crippen LogP contribution in [0.4, 0.5) is 0 Å². The second kappa shape index (κ2) is 2.73. The Morgan fingerprint density at radius 2 is 2.67 bits per heavy atom. The molecule has 0 saturated heterocycles. The highest BCUT2D eigenvalue weighted by atomic mass is 16.7. The molecule has 0 radical (unpaired) electrons. The zero-order valence-electron chi connectivity index (χ0n) is 5.46. The van der Waals surface area contributed by atoms with Gasteiger partial charge in [0.15, 0.2) is 0 Å². The molecule has 0 aromatic carbocycles. The lowest BCUT2D eigenvalue weighted by Crippen LogP contribution is -2.15. The molecule has 3 heteroatoms. The van der Waals surface area contributed by atoms with Crippen molar-refractivity contribution in [3.05, 3.63) is 12.0 Å². The average Bonchev–Trinajstić information content (AvgIpc) is 2.15. The van der Waals surface area contributed by atoms with Crippen molar-refractivity contribution < 1.29 is 9.47 Å². The summed E-state index contributed by atoms with van der Waals surface area (Å²) < 4.78 is 9.84. The Balaban J connectivity index is 2.26. The second-order valence-electron chi connectivity index (χ2n) is 2.19. The number of nitrogens with two attached hydrogens (primary N) is 1. The lowest BCUT2D eigenvalue weighted by atomic mass is 10.2. The van der Waals surface area contributed by atoms with Crippen molar-refractivity contribution >= 4 is 0 Å². The molecule has 0 aromatic heterocycles. The minimum Gasteiger partial charge on any atom is -0.462 e. The zero-order chi connectivity index (χ0) is 6.69. The lowest BCUT2D eigenvalue weighted by molar-refractivity contribution is 0.0772. The summed E-state index contributed by atoms with van der Waals surface area (Å²) in [7, 11) is 0. The molecular weight excluding hydrogens is 118 g/mol. The van der Waals surface area contributed by atoms with E-state index in [9.17, 15) is 0 Å². The van der Waals surface area contributed by atoms with E-state index in [0.717, 1.165) is 12.2 Å². The van der Waals surface area contributed by atoms with Gasteiger partial charge in [-0.3, -0.25) is 0 Å². The summed E-state index contributed by atoms with van der Waals surface area (Å²) in [6.45, 7) is 2.28. The molecule has 1 heterocycles. The first-order valence-electron chi connectivity index (χ1n) is 2.98. The van der Waals surface area contributed by atoms with Crippen LogP contribution in [0.5, 0.6) is 0 Å². The summed E-state index contributed by atoms with van der Waals surface area (Å²) >= 11 is 0. The van der Waals surface area contributed by atoms with Crippen molar-refractivity contribution in [3.63, 3.8) is 0 Å². The molecule has 1 aliphatic rings. The Bertz CT molecular complexity index is 120. The molecule has 1 atom stereocenters. The second-order valence-corrected chi connectivity index (χ2v) is 2.19. The highest BCUT2D eigenvalue weighted by Gasteiger charge is 2.07. The summed E-state index contributed by atoms with van der Waals surface area (Å²) in [5, 5.41) is 0. The van der Waals surface area contributed by atoms with Crippen LogP contribution in [0.2, 0.25) is 0 Å². The van der Waals surface area contributed by atoms with Gasteiger partial charge in [-0.15, -0.1) is 0 Å². The van der Waals surface area contributed by atoms with Gasteiger partial charge in [0.25, 0.3) is 0 Å². The molecule has 52 valence electrons. The van der Waals surface area contributed by atoms with Crippen molar-refractivity contribution in [1.82, 2.24) is 0 Å². The van der Waals surface area contributed by atoms with Gasteiger partial charge in [-0.1, -0.05) is 0 Å². The topological polar surface area (TPSA) is 44.5 Å². The van der Waals surface area contributed by atoms with E-state index in [1.807, 2.05) is 6.92 Å². The third-order valence-electron chi connectivity index (χ3n) is 1.05. The molecular formula is C6H11NO2. The zero-order valence-corrected chi connectivity index (χ0v) is 5.46. The fourth-order valence-electron chi connectivity index (χ4n) is 0.695. The Morgan fingerprint density at radius 1 is 1.89 bits per heavy atom. The van der Waals surface area contributed by atoms with E-state index in [1.165, 1.54) is 0 Å². The van der Waals surface area contributed by atoms with E-state index in [1.54, 1.807) is 6.26 Å².